The maximum absolute atomic E-state index is 4.87. The molecule has 2 heterocycles. The SMILES string of the molecule is c1ccc(-c2nc(-c3ccccc3)nc(-c3ccc(-c4ccc5c(ccc6c5ccc5ccc7ccccc7c56)c4)nc3)n2)cc1. The number of benzene rings is 7. The molecule has 0 radical (unpaired) electrons. The van der Waals surface area contributed by atoms with Gasteiger partial charge in [-0.05, 0) is 61.3 Å². The summed E-state index contributed by atoms with van der Waals surface area (Å²) in [7, 11) is 0. The van der Waals surface area contributed by atoms with E-state index < -0.39 is 0 Å². The van der Waals surface area contributed by atoms with Crippen LogP contribution in [-0.2, 0) is 0 Å². The maximum atomic E-state index is 4.87. The molecule has 2 aromatic heterocycles. The highest BCUT2D eigenvalue weighted by molar-refractivity contribution is 6.24. The Morgan fingerprint density at radius 3 is 1.61 bits per heavy atom. The summed E-state index contributed by atoms with van der Waals surface area (Å²) < 4.78 is 0. The fourth-order valence-corrected chi connectivity index (χ4v) is 6.45. The van der Waals surface area contributed by atoms with Crippen LogP contribution in [0.15, 0.2) is 158 Å². The molecule has 9 rings (SSSR count). The van der Waals surface area contributed by atoms with Crippen LogP contribution in [0.5, 0.6) is 0 Å². The Morgan fingerprint density at radius 1 is 0.326 bits per heavy atom. The van der Waals surface area contributed by atoms with Gasteiger partial charge >= 0.3 is 0 Å². The first kappa shape index (κ1) is 26.2. The Balaban J connectivity index is 1.11. The van der Waals surface area contributed by atoms with E-state index in [0.717, 1.165) is 27.9 Å². The third kappa shape index (κ3) is 4.47. The Hall–Kier alpha value is -6.26. The van der Waals surface area contributed by atoms with Crippen LogP contribution < -0.4 is 0 Å². The van der Waals surface area contributed by atoms with E-state index in [4.69, 9.17) is 19.9 Å². The molecule has 0 bridgehead atoms. The smallest absolute Gasteiger partial charge is 0.165 e. The lowest BCUT2D eigenvalue weighted by atomic mass is 9.93. The summed E-state index contributed by atoms with van der Waals surface area (Å²) in [5.41, 5.74) is 4.69. The molecule has 0 spiro atoms. The third-order valence-corrected chi connectivity index (χ3v) is 8.74. The number of aromatic nitrogens is 4. The highest BCUT2D eigenvalue weighted by Gasteiger charge is 2.14. The van der Waals surface area contributed by atoms with Gasteiger partial charge in [0.15, 0.2) is 17.5 Å². The van der Waals surface area contributed by atoms with Crippen LogP contribution in [0.1, 0.15) is 0 Å². The first-order valence-corrected chi connectivity index (χ1v) is 15.4. The van der Waals surface area contributed by atoms with Crippen LogP contribution in [-0.4, -0.2) is 19.9 Å². The lowest BCUT2D eigenvalue weighted by molar-refractivity contribution is 1.07. The largest absolute Gasteiger partial charge is 0.255 e. The van der Waals surface area contributed by atoms with Crippen molar-refractivity contribution in [3.63, 3.8) is 0 Å². The van der Waals surface area contributed by atoms with Gasteiger partial charge in [-0.2, -0.15) is 0 Å². The molecule has 0 N–H and O–H groups in total. The second-order valence-electron chi connectivity index (χ2n) is 11.5. The van der Waals surface area contributed by atoms with Crippen molar-refractivity contribution >= 4 is 43.1 Å². The maximum Gasteiger partial charge on any atom is 0.165 e. The molecule has 0 aliphatic heterocycles. The zero-order valence-corrected chi connectivity index (χ0v) is 24.8. The summed E-state index contributed by atoms with van der Waals surface area (Å²) in [5.74, 6) is 1.86. The van der Waals surface area contributed by atoms with E-state index in [-0.39, 0.29) is 0 Å². The molecular weight excluding hydrogens is 560 g/mol. The minimum Gasteiger partial charge on any atom is -0.255 e. The Labute approximate surface area is 265 Å². The highest BCUT2D eigenvalue weighted by atomic mass is 15.0. The van der Waals surface area contributed by atoms with Gasteiger partial charge in [-0.25, -0.2) is 15.0 Å². The minimum absolute atomic E-state index is 0.594. The summed E-state index contributed by atoms with van der Waals surface area (Å²) >= 11 is 0. The molecular formula is C42H26N4. The van der Waals surface area contributed by atoms with Gasteiger partial charge in [0.2, 0.25) is 0 Å². The Morgan fingerprint density at radius 2 is 0.891 bits per heavy atom. The first-order valence-electron chi connectivity index (χ1n) is 15.4. The van der Waals surface area contributed by atoms with Crippen molar-refractivity contribution in [1.82, 2.24) is 19.9 Å². The van der Waals surface area contributed by atoms with E-state index in [0.29, 0.717) is 17.5 Å². The molecule has 0 aliphatic carbocycles. The molecule has 0 amide bonds. The average Bonchev–Trinajstić information content (AvgIpc) is 3.14. The fraction of sp³-hybridized carbons (Fsp3) is 0. The van der Waals surface area contributed by atoms with E-state index >= 15 is 0 Å². The van der Waals surface area contributed by atoms with Crippen LogP contribution in [0.4, 0.5) is 0 Å². The van der Waals surface area contributed by atoms with Gasteiger partial charge in [0.25, 0.3) is 0 Å². The molecule has 0 fully saturated rings. The third-order valence-electron chi connectivity index (χ3n) is 8.74. The van der Waals surface area contributed by atoms with Gasteiger partial charge in [-0.1, -0.05) is 133 Å². The zero-order valence-electron chi connectivity index (χ0n) is 24.8. The normalized spacial score (nSPS) is 11.5. The van der Waals surface area contributed by atoms with Gasteiger partial charge in [0.1, 0.15) is 0 Å². The Kier molecular flexibility index (Phi) is 6.10. The molecule has 7 aromatic carbocycles. The lowest BCUT2D eigenvalue weighted by Gasteiger charge is -2.11. The van der Waals surface area contributed by atoms with Gasteiger partial charge in [-0.15, -0.1) is 0 Å². The molecule has 214 valence electrons. The standard InChI is InChI=1S/C42H26N4/c1-3-10-29(11-4-1)40-44-41(30-12-5-2-6-13-30)46-42(45-40)33-20-24-38(43-26-33)32-19-21-34-31(25-32)18-23-37-36(34)22-17-28-16-15-27-9-7-8-14-35(27)39(28)37/h1-26H. The number of hydrogen-bond acceptors (Lipinski definition) is 4. The zero-order chi connectivity index (χ0) is 30.5. The van der Waals surface area contributed by atoms with E-state index in [2.05, 4.69) is 78.9 Å². The second-order valence-corrected chi connectivity index (χ2v) is 11.5. The van der Waals surface area contributed by atoms with Crippen molar-refractivity contribution in [2.75, 3.05) is 0 Å². The van der Waals surface area contributed by atoms with Gasteiger partial charge in [-0.3, -0.25) is 4.98 Å². The summed E-state index contributed by atoms with van der Waals surface area (Å²) in [6, 6.07) is 52.8. The quantitative estimate of drug-likeness (QED) is 0.193. The average molecular weight is 587 g/mol. The van der Waals surface area contributed by atoms with Crippen LogP contribution in [0.3, 0.4) is 0 Å². The lowest BCUT2D eigenvalue weighted by Crippen LogP contribution is -2.00. The topological polar surface area (TPSA) is 51.6 Å². The molecule has 0 unspecified atom stereocenters. The predicted octanol–water partition coefficient (Wildman–Crippen LogP) is 10.5. The van der Waals surface area contributed by atoms with Gasteiger partial charge < -0.3 is 0 Å². The van der Waals surface area contributed by atoms with Crippen LogP contribution >= 0.6 is 0 Å². The number of fused-ring (bicyclic) bond motifs is 7. The number of hydrogen-bond donors (Lipinski definition) is 0. The molecule has 4 nitrogen and oxygen atoms in total. The number of rotatable bonds is 4. The Bertz CT molecular complexity index is 2500. The molecule has 0 atom stereocenters. The number of pyridine rings is 1. The summed E-state index contributed by atoms with van der Waals surface area (Å²) in [5, 5.41) is 10.1. The fourth-order valence-electron chi connectivity index (χ4n) is 6.45. The van der Waals surface area contributed by atoms with Crippen molar-refractivity contribution < 1.29 is 0 Å². The van der Waals surface area contributed by atoms with Crippen molar-refractivity contribution in [2.24, 2.45) is 0 Å². The minimum atomic E-state index is 0.594. The van der Waals surface area contributed by atoms with E-state index in [1.807, 2.05) is 79.0 Å². The van der Waals surface area contributed by atoms with Crippen molar-refractivity contribution in [1.29, 1.82) is 0 Å². The summed E-state index contributed by atoms with van der Waals surface area (Å²) in [6.45, 7) is 0. The number of nitrogens with zero attached hydrogens (tertiary/aromatic N) is 4. The van der Waals surface area contributed by atoms with Crippen LogP contribution in [0, 0.1) is 0 Å². The molecule has 46 heavy (non-hydrogen) atoms. The summed E-state index contributed by atoms with van der Waals surface area (Å²) in [6.07, 6.45) is 1.86. The van der Waals surface area contributed by atoms with Crippen molar-refractivity contribution in [3.8, 4) is 45.4 Å². The first-order chi connectivity index (χ1) is 22.8. The molecule has 0 saturated heterocycles. The molecule has 4 heteroatoms. The van der Waals surface area contributed by atoms with Gasteiger partial charge in [0, 0.05) is 28.5 Å². The molecule has 0 aliphatic rings. The molecule has 0 saturated carbocycles. The van der Waals surface area contributed by atoms with Gasteiger partial charge in [0.05, 0.1) is 5.69 Å². The van der Waals surface area contributed by atoms with Crippen LogP contribution in [0.2, 0.25) is 0 Å². The molecule has 9 aromatic rings. The van der Waals surface area contributed by atoms with Crippen molar-refractivity contribution in [2.45, 2.75) is 0 Å². The monoisotopic (exact) mass is 586 g/mol. The predicted molar refractivity (Wildman–Crippen MR) is 189 cm³/mol. The van der Waals surface area contributed by atoms with E-state index in [1.165, 1.54) is 43.1 Å². The van der Waals surface area contributed by atoms with Crippen LogP contribution in [0.25, 0.3) is 88.5 Å². The highest BCUT2D eigenvalue weighted by Crippen LogP contribution is 2.36. The van der Waals surface area contributed by atoms with E-state index in [1.54, 1.807) is 0 Å². The second kappa shape index (κ2) is 10.7. The summed E-state index contributed by atoms with van der Waals surface area (Å²) in [4.78, 5) is 19.4. The van der Waals surface area contributed by atoms with Crippen molar-refractivity contribution in [3.05, 3.63) is 158 Å². The van der Waals surface area contributed by atoms with E-state index in [9.17, 15) is 0 Å².